The van der Waals surface area contributed by atoms with Crippen molar-refractivity contribution in [1.29, 1.82) is 0 Å². The number of carbonyl (C=O) groups is 1. The van der Waals surface area contributed by atoms with Gasteiger partial charge in [-0.2, -0.15) is 0 Å². The van der Waals surface area contributed by atoms with Crippen LogP contribution < -0.4 is 5.32 Å². The molecule has 0 fully saturated rings. The molecule has 0 saturated heterocycles. The monoisotopic (exact) mass is 409 g/mol. The predicted molar refractivity (Wildman–Crippen MR) is 103 cm³/mol. The highest BCUT2D eigenvalue weighted by atomic mass is 32.2. The Kier molecular flexibility index (Phi) is 6.48. The highest BCUT2D eigenvalue weighted by molar-refractivity contribution is 7.90. The molecule has 1 amide bonds. The quantitative estimate of drug-likeness (QED) is 0.776. The Hall–Kier alpha value is -2.42. The molecule has 1 aromatic carbocycles. The van der Waals surface area contributed by atoms with Gasteiger partial charge in [-0.3, -0.25) is 0 Å². The number of benzene rings is 1. The lowest BCUT2D eigenvalue weighted by atomic mass is 10.1. The molecule has 8 nitrogen and oxygen atoms in total. The number of nitrogens with one attached hydrogen (secondary N) is 1. The first kappa shape index (κ1) is 21.9. The van der Waals surface area contributed by atoms with Crippen molar-refractivity contribution < 1.29 is 22.4 Å². The first-order valence-corrected chi connectivity index (χ1v) is 10.6. The Balaban J connectivity index is 2.22. The number of sulfone groups is 1. The van der Waals surface area contributed by atoms with Gasteiger partial charge in [-0.1, -0.05) is 43.2 Å². The summed E-state index contributed by atoms with van der Waals surface area (Å²) in [6.45, 7) is 10.8. The number of aryl methyl sites for hydroxylation is 1. The van der Waals surface area contributed by atoms with Crippen LogP contribution in [0.2, 0.25) is 0 Å². The third-order valence-corrected chi connectivity index (χ3v) is 5.29. The number of amides is 1. The first-order valence-electron chi connectivity index (χ1n) is 8.99. The number of rotatable bonds is 6. The molecule has 0 saturated carbocycles. The normalized spacial score (nSPS) is 13.4. The minimum Gasteiger partial charge on any atom is -0.444 e. The molecule has 0 bridgehead atoms. The van der Waals surface area contributed by atoms with Gasteiger partial charge in [-0.15, -0.1) is 5.10 Å². The Morgan fingerprint density at radius 2 is 1.86 bits per heavy atom. The first-order chi connectivity index (χ1) is 12.9. The second kappa shape index (κ2) is 8.30. The minimum atomic E-state index is -3.82. The van der Waals surface area contributed by atoms with E-state index in [1.165, 1.54) is 0 Å². The maximum absolute atomic E-state index is 12.7. The summed E-state index contributed by atoms with van der Waals surface area (Å²) >= 11 is 0. The van der Waals surface area contributed by atoms with Crippen molar-refractivity contribution in [2.24, 2.45) is 5.92 Å². The predicted octanol–water partition coefficient (Wildman–Crippen LogP) is 3.57. The minimum absolute atomic E-state index is 0.0178. The molecule has 1 aromatic heterocycles. The fourth-order valence-electron chi connectivity index (χ4n) is 2.46. The van der Waals surface area contributed by atoms with E-state index in [1.54, 1.807) is 32.9 Å². The van der Waals surface area contributed by atoms with Crippen LogP contribution >= 0.6 is 0 Å². The van der Waals surface area contributed by atoms with E-state index in [9.17, 15) is 13.2 Å². The summed E-state index contributed by atoms with van der Waals surface area (Å²) in [6, 6.07) is 6.52. The molecule has 154 valence electrons. The summed E-state index contributed by atoms with van der Waals surface area (Å²) in [6.07, 6.45) is -0.645. The van der Waals surface area contributed by atoms with E-state index in [4.69, 9.17) is 9.15 Å². The standard InChI is InChI=1S/C19H27N3O5S/c1-12(2)15(20-17(23)27-19(4,5)6)16-21-22-18(26-16)28(24,25)11-14-10-8-7-9-13(14)3/h7-10,12,15H,11H2,1-6H3,(H,20,23)/t15-/m0/s1. The lowest BCUT2D eigenvalue weighted by molar-refractivity contribution is 0.0477. The van der Waals surface area contributed by atoms with Crippen LogP contribution in [0.4, 0.5) is 4.79 Å². The lowest BCUT2D eigenvalue weighted by Crippen LogP contribution is -2.37. The zero-order chi connectivity index (χ0) is 21.1. The van der Waals surface area contributed by atoms with Crippen LogP contribution in [0.15, 0.2) is 33.9 Å². The third-order valence-electron chi connectivity index (χ3n) is 3.90. The van der Waals surface area contributed by atoms with Crippen LogP contribution in [-0.2, 0) is 20.3 Å². The largest absolute Gasteiger partial charge is 0.444 e. The van der Waals surface area contributed by atoms with E-state index in [0.29, 0.717) is 5.56 Å². The average molecular weight is 410 g/mol. The van der Waals surface area contributed by atoms with Crippen molar-refractivity contribution in [3.05, 3.63) is 41.3 Å². The number of carbonyl (C=O) groups excluding carboxylic acids is 1. The van der Waals surface area contributed by atoms with Crippen molar-refractivity contribution in [2.75, 3.05) is 0 Å². The summed E-state index contributed by atoms with van der Waals surface area (Å²) in [5.41, 5.74) is 0.856. The molecule has 0 unspecified atom stereocenters. The van der Waals surface area contributed by atoms with E-state index < -0.39 is 32.8 Å². The SMILES string of the molecule is Cc1ccccc1CS(=O)(=O)c1nnc([C@@H](NC(=O)OC(C)(C)C)C(C)C)o1. The molecule has 1 N–H and O–H groups in total. The van der Waals surface area contributed by atoms with E-state index >= 15 is 0 Å². The van der Waals surface area contributed by atoms with Crippen LogP contribution in [-0.4, -0.2) is 30.3 Å². The zero-order valence-corrected chi connectivity index (χ0v) is 17.8. The molecule has 2 aromatic rings. The van der Waals surface area contributed by atoms with Crippen molar-refractivity contribution in [2.45, 2.75) is 64.2 Å². The Bertz CT molecular complexity index is 929. The topological polar surface area (TPSA) is 111 Å². The van der Waals surface area contributed by atoms with Gasteiger partial charge in [0.15, 0.2) is 0 Å². The molecule has 0 aliphatic carbocycles. The number of alkyl carbamates (subject to hydrolysis) is 1. The van der Waals surface area contributed by atoms with E-state index in [2.05, 4.69) is 15.5 Å². The van der Waals surface area contributed by atoms with Gasteiger partial charge in [0, 0.05) is 0 Å². The van der Waals surface area contributed by atoms with Crippen LogP contribution in [0, 0.1) is 12.8 Å². The average Bonchev–Trinajstić information content (AvgIpc) is 3.03. The van der Waals surface area contributed by atoms with Crippen molar-refractivity contribution in [3.63, 3.8) is 0 Å². The number of hydrogen-bond acceptors (Lipinski definition) is 7. The Labute approximate surface area is 165 Å². The van der Waals surface area contributed by atoms with Crippen molar-refractivity contribution >= 4 is 15.9 Å². The second-order valence-corrected chi connectivity index (χ2v) is 9.83. The highest BCUT2D eigenvalue weighted by Crippen LogP contribution is 2.24. The molecule has 2 rings (SSSR count). The Morgan fingerprint density at radius 3 is 2.43 bits per heavy atom. The van der Waals surface area contributed by atoms with Gasteiger partial charge in [0.2, 0.25) is 15.7 Å². The third kappa shape index (κ3) is 5.79. The van der Waals surface area contributed by atoms with Crippen LogP contribution in [0.25, 0.3) is 0 Å². The number of ether oxygens (including phenoxy) is 1. The highest BCUT2D eigenvalue weighted by Gasteiger charge is 2.30. The summed E-state index contributed by atoms with van der Waals surface area (Å²) in [4.78, 5) is 12.1. The van der Waals surface area contributed by atoms with Gasteiger partial charge in [0.05, 0.1) is 5.75 Å². The smallest absolute Gasteiger partial charge is 0.408 e. The molecule has 0 spiro atoms. The summed E-state index contributed by atoms with van der Waals surface area (Å²) in [5.74, 6) is -0.350. The molecule has 9 heteroatoms. The molecule has 0 aliphatic heterocycles. The summed E-state index contributed by atoms with van der Waals surface area (Å²) in [7, 11) is -3.82. The molecule has 1 atom stereocenters. The fourth-order valence-corrected chi connectivity index (χ4v) is 3.69. The molecule has 0 radical (unpaired) electrons. The number of hydrogen-bond donors (Lipinski definition) is 1. The summed E-state index contributed by atoms with van der Waals surface area (Å²) < 4.78 is 36.0. The van der Waals surface area contributed by atoms with Gasteiger partial charge in [0.25, 0.3) is 0 Å². The molecule has 28 heavy (non-hydrogen) atoms. The number of nitrogens with zero attached hydrogens (tertiary/aromatic N) is 2. The molecular formula is C19H27N3O5S. The Morgan fingerprint density at radius 1 is 1.21 bits per heavy atom. The molecular weight excluding hydrogens is 382 g/mol. The van der Waals surface area contributed by atoms with Crippen LogP contribution in [0.3, 0.4) is 0 Å². The lowest BCUT2D eigenvalue weighted by Gasteiger charge is -2.23. The van der Waals surface area contributed by atoms with E-state index in [-0.39, 0.29) is 17.6 Å². The summed E-state index contributed by atoms with van der Waals surface area (Å²) in [5, 5.41) is 9.74. The van der Waals surface area contributed by atoms with E-state index in [1.807, 2.05) is 32.9 Å². The van der Waals surface area contributed by atoms with Gasteiger partial charge >= 0.3 is 11.3 Å². The molecule has 1 heterocycles. The van der Waals surface area contributed by atoms with Gasteiger partial charge in [-0.05, 0) is 44.7 Å². The second-order valence-electron chi connectivity index (χ2n) is 7.96. The maximum Gasteiger partial charge on any atom is 0.408 e. The van der Waals surface area contributed by atoms with Crippen molar-refractivity contribution in [1.82, 2.24) is 15.5 Å². The van der Waals surface area contributed by atoms with Crippen LogP contribution in [0.5, 0.6) is 0 Å². The van der Waals surface area contributed by atoms with Crippen LogP contribution in [0.1, 0.15) is 57.7 Å². The number of aromatic nitrogens is 2. The van der Waals surface area contributed by atoms with Gasteiger partial charge in [0.1, 0.15) is 11.6 Å². The van der Waals surface area contributed by atoms with Gasteiger partial charge in [-0.25, -0.2) is 13.2 Å². The van der Waals surface area contributed by atoms with E-state index in [0.717, 1.165) is 5.56 Å². The van der Waals surface area contributed by atoms with Gasteiger partial charge < -0.3 is 14.5 Å². The zero-order valence-electron chi connectivity index (χ0n) is 17.0. The van der Waals surface area contributed by atoms with Crippen molar-refractivity contribution in [3.8, 4) is 0 Å². The fraction of sp³-hybridized carbons (Fsp3) is 0.526. The molecule has 0 aliphatic rings. The maximum atomic E-state index is 12.7.